The molecule has 4 atom stereocenters. The van der Waals surface area contributed by atoms with E-state index in [9.17, 15) is 0 Å². The minimum Gasteiger partial charge on any atom is -0.311 e. The summed E-state index contributed by atoms with van der Waals surface area (Å²) in [7, 11) is 0. The van der Waals surface area contributed by atoms with Crippen LogP contribution in [0.25, 0.3) is 0 Å². The van der Waals surface area contributed by atoms with Crippen LogP contribution in [-0.2, 0) is 6.42 Å². The van der Waals surface area contributed by atoms with Gasteiger partial charge in [0.05, 0.1) is 0 Å². The molecule has 1 aromatic rings. The lowest BCUT2D eigenvalue weighted by atomic mass is 9.80. The molecule has 1 aliphatic rings. The van der Waals surface area contributed by atoms with E-state index >= 15 is 0 Å². The van der Waals surface area contributed by atoms with E-state index in [-0.39, 0.29) is 0 Å². The molecular formula is C15H25NS. The lowest BCUT2D eigenvalue weighted by molar-refractivity contribution is 0.215. The van der Waals surface area contributed by atoms with Crippen molar-refractivity contribution in [2.24, 2.45) is 11.8 Å². The van der Waals surface area contributed by atoms with Crippen LogP contribution in [0, 0.1) is 11.8 Å². The van der Waals surface area contributed by atoms with Crippen LogP contribution in [0.1, 0.15) is 44.9 Å². The van der Waals surface area contributed by atoms with E-state index in [0.717, 1.165) is 17.9 Å². The highest BCUT2D eigenvalue weighted by molar-refractivity contribution is 7.09. The Morgan fingerprint density at radius 2 is 2.24 bits per heavy atom. The monoisotopic (exact) mass is 251 g/mol. The molecule has 0 aromatic carbocycles. The zero-order chi connectivity index (χ0) is 12.3. The predicted octanol–water partition coefficient (Wildman–Crippen LogP) is 4.09. The molecule has 0 amide bonds. The summed E-state index contributed by atoms with van der Waals surface area (Å²) in [5.41, 5.74) is 0. The van der Waals surface area contributed by atoms with Crippen LogP contribution in [0.15, 0.2) is 17.5 Å². The van der Waals surface area contributed by atoms with Gasteiger partial charge in [0, 0.05) is 17.0 Å². The molecule has 1 heterocycles. The van der Waals surface area contributed by atoms with E-state index in [4.69, 9.17) is 0 Å². The van der Waals surface area contributed by atoms with Crippen LogP contribution in [0.5, 0.6) is 0 Å². The van der Waals surface area contributed by atoms with Crippen molar-refractivity contribution in [3.8, 4) is 0 Å². The predicted molar refractivity (Wildman–Crippen MR) is 76.6 cm³/mol. The second-order valence-electron chi connectivity index (χ2n) is 5.85. The normalized spacial score (nSPS) is 31.4. The maximum atomic E-state index is 3.84. The fourth-order valence-corrected chi connectivity index (χ4v) is 3.75. The third-order valence-electron chi connectivity index (χ3n) is 4.04. The van der Waals surface area contributed by atoms with Crippen molar-refractivity contribution in [2.75, 3.05) is 0 Å². The first kappa shape index (κ1) is 13.1. The van der Waals surface area contributed by atoms with Crippen LogP contribution in [0.3, 0.4) is 0 Å². The zero-order valence-electron chi connectivity index (χ0n) is 11.3. The molecule has 1 fully saturated rings. The van der Waals surface area contributed by atoms with Crippen molar-refractivity contribution in [3.63, 3.8) is 0 Å². The Kier molecular flexibility index (Phi) is 4.63. The molecular weight excluding hydrogens is 226 g/mol. The highest BCUT2D eigenvalue weighted by atomic mass is 32.1. The quantitative estimate of drug-likeness (QED) is 0.850. The van der Waals surface area contributed by atoms with Crippen LogP contribution < -0.4 is 5.32 Å². The van der Waals surface area contributed by atoms with E-state index < -0.39 is 0 Å². The van der Waals surface area contributed by atoms with Gasteiger partial charge < -0.3 is 5.32 Å². The Bertz CT molecular complexity index is 320. The van der Waals surface area contributed by atoms with Crippen LogP contribution in [0.4, 0.5) is 0 Å². The third kappa shape index (κ3) is 3.82. The van der Waals surface area contributed by atoms with E-state index in [1.807, 2.05) is 11.3 Å². The number of thiophene rings is 1. The minimum absolute atomic E-state index is 0.603. The third-order valence-corrected chi connectivity index (χ3v) is 4.94. The molecule has 0 saturated heterocycles. The number of hydrogen-bond acceptors (Lipinski definition) is 2. The summed E-state index contributed by atoms with van der Waals surface area (Å²) in [6.07, 6.45) is 5.34. The molecule has 1 N–H and O–H groups in total. The summed E-state index contributed by atoms with van der Waals surface area (Å²) in [5.74, 6) is 1.75. The highest BCUT2D eigenvalue weighted by Gasteiger charge is 2.26. The number of nitrogens with one attached hydrogen (secondary N) is 1. The van der Waals surface area contributed by atoms with Gasteiger partial charge in [-0.25, -0.2) is 0 Å². The summed E-state index contributed by atoms with van der Waals surface area (Å²) in [5, 5.41) is 6.02. The minimum atomic E-state index is 0.603. The molecule has 1 saturated carbocycles. The van der Waals surface area contributed by atoms with Crippen LogP contribution >= 0.6 is 11.3 Å². The van der Waals surface area contributed by atoms with Gasteiger partial charge in [-0.1, -0.05) is 26.3 Å². The molecule has 0 aliphatic heterocycles. The molecule has 0 radical (unpaired) electrons. The lowest BCUT2D eigenvalue weighted by Crippen LogP contribution is -2.44. The molecule has 2 heteroatoms. The van der Waals surface area contributed by atoms with Crippen molar-refractivity contribution in [1.29, 1.82) is 0 Å². The fourth-order valence-electron chi connectivity index (χ4n) is 2.92. The summed E-state index contributed by atoms with van der Waals surface area (Å²) < 4.78 is 0. The van der Waals surface area contributed by atoms with Gasteiger partial charge in [-0.3, -0.25) is 0 Å². The molecule has 96 valence electrons. The Morgan fingerprint density at radius 3 is 2.94 bits per heavy atom. The van der Waals surface area contributed by atoms with E-state index in [1.54, 1.807) is 0 Å². The smallest absolute Gasteiger partial charge is 0.00978 e. The maximum absolute atomic E-state index is 3.84. The average molecular weight is 251 g/mol. The summed E-state index contributed by atoms with van der Waals surface area (Å²) in [6.45, 7) is 7.12. The van der Waals surface area contributed by atoms with Crippen molar-refractivity contribution < 1.29 is 0 Å². The second kappa shape index (κ2) is 6.01. The first-order valence-electron chi connectivity index (χ1n) is 6.93. The van der Waals surface area contributed by atoms with Gasteiger partial charge in [0.2, 0.25) is 0 Å². The molecule has 2 rings (SSSR count). The second-order valence-corrected chi connectivity index (χ2v) is 6.89. The van der Waals surface area contributed by atoms with Gasteiger partial charge in [0.15, 0.2) is 0 Å². The molecule has 1 nitrogen and oxygen atoms in total. The summed E-state index contributed by atoms with van der Waals surface area (Å²) >= 11 is 1.87. The van der Waals surface area contributed by atoms with Crippen LogP contribution in [-0.4, -0.2) is 12.1 Å². The maximum Gasteiger partial charge on any atom is 0.00978 e. The van der Waals surface area contributed by atoms with E-state index in [0.29, 0.717) is 6.04 Å². The molecule has 0 spiro atoms. The fraction of sp³-hybridized carbons (Fsp3) is 0.733. The van der Waals surface area contributed by atoms with Crippen molar-refractivity contribution >= 4 is 11.3 Å². The first-order valence-corrected chi connectivity index (χ1v) is 7.81. The Labute approximate surface area is 110 Å². The van der Waals surface area contributed by atoms with Crippen molar-refractivity contribution in [2.45, 2.75) is 58.5 Å². The van der Waals surface area contributed by atoms with E-state index in [2.05, 4.69) is 43.6 Å². The SMILES string of the molecule is CC1CCC(C)C(NC(C)Cc2cccs2)C1. The molecule has 1 aromatic heterocycles. The van der Waals surface area contributed by atoms with Gasteiger partial charge >= 0.3 is 0 Å². The average Bonchev–Trinajstić information content (AvgIpc) is 2.76. The molecule has 1 aliphatic carbocycles. The number of rotatable bonds is 4. The van der Waals surface area contributed by atoms with Crippen molar-refractivity contribution in [1.82, 2.24) is 5.32 Å². The number of hydrogen-bond donors (Lipinski definition) is 1. The van der Waals surface area contributed by atoms with Gasteiger partial charge in [0.25, 0.3) is 0 Å². The van der Waals surface area contributed by atoms with Gasteiger partial charge in [-0.15, -0.1) is 11.3 Å². The zero-order valence-corrected chi connectivity index (χ0v) is 12.1. The topological polar surface area (TPSA) is 12.0 Å². The molecule has 17 heavy (non-hydrogen) atoms. The Hall–Kier alpha value is -0.340. The summed E-state index contributed by atoms with van der Waals surface area (Å²) in [6, 6.07) is 5.73. The van der Waals surface area contributed by atoms with Gasteiger partial charge in [0.1, 0.15) is 0 Å². The van der Waals surface area contributed by atoms with Gasteiger partial charge in [-0.05, 0) is 49.5 Å². The summed E-state index contributed by atoms with van der Waals surface area (Å²) in [4.78, 5) is 1.50. The standard InChI is InChI=1S/C15H25NS/c1-11-6-7-12(2)15(9-11)16-13(3)10-14-5-4-8-17-14/h4-5,8,11-13,15-16H,6-7,9-10H2,1-3H3. The highest BCUT2D eigenvalue weighted by Crippen LogP contribution is 2.28. The largest absolute Gasteiger partial charge is 0.311 e. The van der Waals surface area contributed by atoms with Crippen LogP contribution in [0.2, 0.25) is 0 Å². The van der Waals surface area contributed by atoms with Gasteiger partial charge in [-0.2, -0.15) is 0 Å². The first-order chi connectivity index (χ1) is 8.15. The van der Waals surface area contributed by atoms with Crippen molar-refractivity contribution in [3.05, 3.63) is 22.4 Å². The Morgan fingerprint density at radius 1 is 1.41 bits per heavy atom. The lowest BCUT2D eigenvalue weighted by Gasteiger charge is -2.35. The Balaban J connectivity index is 1.82. The van der Waals surface area contributed by atoms with E-state index in [1.165, 1.54) is 30.6 Å². The molecule has 4 unspecified atom stereocenters. The molecule has 0 bridgehead atoms.